The van der Waals surface area contributed by atoms with Crippen LogP contribution in [0.1, 0.15) is 66.7 Å². The summed E-state index contributed by atoms with van der Waals surface area (Å²) >= 11 is 0. The van der Waals surface area contributed by atoms with Gasteiger partial charge in [0.1, 0.15) is 5.60 Å². The van der Waals surface area contributed by atoms with Crippen LogP contribution in [0.2, 0.25) is 0 Å². The molecule has 0 heterocycles. The molecule has 5 nitrogen and oxygen atoms in total. The second-order valence-corrected chi connectivity index (χ2v) is 7.92. The van der Waals surface area contributed by atoms with E-state index in [0.717, 1.165) is 32.1 Å². The molecule has 2 aliphatic rings. The fourth-order valence-electron chi connectivity index (χ4n) is 3.23. The average molecular weight is 310 g/mol. The zero-order chi connectivity index (χ0) is 16.5. The standard InChI is InChI=1S/C17H30N2O3/c1-11(2)19(14-8-9-14)15(20)12-6-7-13(10-12)18-16(21)22-17(3,4)5/h11-14H,6-10H2,1-5H3,(H,18,21)/t12-,13-/m1/s1. The number of carbonyl (C=O) groups excluding carboxylic acids is 2. The van der Waals surface area contributed by atoms with Crippen molar-refractivity contribution in [3.63, 3.8) is 0 Å². The van der Waals surface area contributed by atoms with E-state index in [1.807, 2.05) is 20.8 Å². The third-order valence-corrected chi connectivity index (χ3v) is 4.25. The molecule has 0 aliphatic heterocycles. The molecule has 2 atom stereocenters. The Kier molecular flexibility index (Phi) is 5.03. The zero-order valence-corrected chi connectivity index (χ0v) is 14.5. The van der Waals surface area contributed by atoms with Gasteiger partial charge in [-0.3, -0.25) is 4.79 Å². The topological polar surface area (TPSA) is 58.6 Å². The number of ether oxygens (including phenoxy) is 1. The van der Waals surface area contributed by atoms with Gasteiger partial charge in [0.05, 0.1) is 0 Å². The molecule has 2 amide bonds. The second-order valence-electron chi connectivity index (χ2n) is 7.92. The maximum Gasteiger partial charge on any atom is 0.407 e. The van der Waals surface area contributed by atoms with Crippen LogP contribution in [0.15, 0.2) is 0 Å². The molecule has 0 aromatic heterocycles. The normalized spacial score (nSPS) is 25.2. The predicted molar refractivity (Wildman–Crippen MR) is 85.5 cm³/mol. The van der Waals surface area contributed by atoms with Crippen LogP contribution in [0, 0.1) is 5.92 Å². The fourth-order valence-corrected chi connectivity index (χ4v) is 3.23. The minimum atomic E-state index is -0.488. The molecule has 0 bridgehead atoms. The first kappa shape index (κ1) is 17.1. The molecular formula is C17H30N2O3. The smallest absolute Gasteiger partial charge is 0.407 e. The fraction of sp³-hybridized carbons (Fsp3) is 0.882. The van der Waals surface area contributed by atoms with Crippen LogP contribution in [0.4, 0.5) is 4.79 Å². The van der Waals surface area contributed by atoms with E-state index in [0.29, 0.717) is 6.04 Å². The van der Waals surface area contributed by atoms with Crippen molar-refractivity contribution in [1.82, 2.24) is 10.2 Å². The molecule has 1 N–H and O–H groups in total. The quantitative estimate of drug-likeness (QED) is 0.868. The number of carbonyl (C=O) groups is 2. The van der Waals surface area contributed by atoms with Crippen LogP contribution in [-0.2, 0) is 9.53 Å². The number of rotatable bonds is 4. The maximum atomic E-state index is 12.7. The number of alkyl carbamates (subject to hydrolysis) is 1. The van der Waals surface area contributed by atoms with E-state index in [9.17, 15) is 9.59 Å². The minimum absolute atomic E-state index is 0.0444. The van der Waals surface area contributed by atoms with Gasteiger partial charge in [-0.05, 0) is 66.7 Å². The highest BCUT2D eigenvalue weighted by molar-refractivity contribution is 5.80. The van der Waals surface area contributed by atoms with Crippen molar-refractivity contribution in [1.29, 1.82) is 0 Å². The van der Waals surface area contributed by atoms with E-state index < -0.39 is 5.60 Å². The Morgan fingerprint density at radius 3 is 2.27 bits per heavy atom. The van der Waals surface area contributed by atoms with Gasteiger partial charge in [0, 0.05) is 24.0 Å². The summed E-state index contributed by atoms with van der Waals surface area (Å²) in [6, 6.07) is 0.764. The van der Waals surface area contributed by atoms with Crippen molar-refractivity contribution < 1.29 is 14.3 Å². The van der Waals surface area contributed by atoms with Crippen molar-refractivity contribution in [3.8, 4) is 0 Å². The largest absolute Gasteiger partial charge is 0.444 e. The molecule has 0 aromatic carbocycles. The number of amides is 2. The van der Waals surface area contributed by atoms with Crippen molar-refractivity contribution in [2.75, 3.05) is 0 Å². The summed E-state index contributed by atoms with van der Waals surface area (Å²) in [5.41, 5.74) is -0.488. The average Bonchev–Trinajstić information content (AvgIpc) is 3.05. The summed E-state index contributed by atoms with van der Waals surface area (Å²) in [6.07, 6.45) is 4.33. The number of nitrogens with one attached hydrogen (secondary N) is 1. The molecule has 2 aliphatic carbocycles. The first-order chi connectivity index (χ1) is 10.2. The molecule has 2 saturated carbocycles. The Morgan fingerprint density at radius 2 is 1.77 bits per heavy atom. The van der Waals surface area contributed by atoms with Gasteiger partial charge in [-0.2, -0.15) is 0 Å². The predicted octanol–water partition coefficient (Wildman–Crippen LogP) is 3.08. The van der Waals surface area contributed by atoms with E-state index in [4.69, 9.17) is 4.74 Å². The molecule has 126 valence electrons. The van der Waals surface area contributed by atoms with Crippen molar-refractivity contribution in [2.45, 2.75) is 90.4 Å². The first-order valence-corrected chi connectivity index (χ1v) is 8.49. The van der Waals surface area contributed by atoms with Gasteiger partial charge in [-0.1, -0.05) is 0 Å². The number of nitrogens with zero attached hydrogens (tertiary/aromatic N) is 1. The third-order valence-electron chi connectivity index (χ3n) is 4.25. The van der Waals surface area contributed by atoms with Crippen LogP contribution >= 0.6 is 0 Å². The Labute approximate surface area is 133 Å². The molecule has 0 spiro atoms. The van der Waals surface area contributed by atoms with Crippen molar-refractivity contribution in [2.24, 2.45) is 5.92 Å². The highest BCUT2D eigenvalue weighted by Crippen LogP contribution is 2.34. The van der Waals surface area contributed by atoms with Crippen LogP contribution in [-0.4, -0.2) is 40.6 Å². The Bertz CT molecular complexity index is 422. The number of hydrogen-bond donors (Lipinski definition) is 1. The number of hydrogen-bond acceptors (Lipinski definition) is 3. The van der Waals surface area contributed by atoms with Gasteiger partial charge in [0.15, 0.2) is 0 Å². The van der Waals surface area contributed by atoms with Gasteiger partial charge in [-0.15, -0.1) is 0 Å². The lowest BCUT2D eigenvalue weighted by Gasteiger charge is -2.29. The van der Waals surface area contributed by atoms with Gasteiger partial charge in [0.25, 0.3) is 0 Å². The van der Waals surface area contributed by atoms with Crippen molar-refractivity contribution in [3.05, 3.63) is 0 Å². The molecule has 2 rings (SSSR count). The lowest BCUT2D eigenvalue weighted by Crippen LogP contribution is -2.43. The summed E-state index contributed by atoms with van der Waals surface area (Å²) in [5, 5.41) is 2.90. The molecule has 2 fully saturated rings. The summed E-state index contributed by atoms with van der Waals surface area (Å²) < 4.78 is 5.28. The van der Waals surface area contributed by atoms with Gasteiger partial charge in [0.2, 0.25) is 5.91 Å². The Hall–Kier alpha value is -1.26. The van der Waals surface area contributed by atoms with E-state index in [2.05, 4.69) is 24.1 Å². The molecule has 0 radical (unpaired) electrons. The highest BCUT2D eigenvalue weighted by atomic mass is 16.6. The molecule has 0 saturated heterocycles. The zero-order valence-electron chi connectivity index (χ0n) is 14.5. The third kappa shape index (κ3) is 4.62. The SMILES string of the molecule is CC(C)N(C(=O)[C@@H]1CC[C@@H](NC(=O)OC(C)(C)C)C1)C1CC1. The Balaban J connectivity index is 1.84. The van der Waals surface area contributed by atoms with Crippen LogP contribution in [0.5, 0.6) is 0 Å². The molecule has 22 heavy (non-hydrogen) atoms. The van der Waals surface area contributed by atoms with Gasteiger partial charge >= 0.3 is 6.09 Å². The molecule has 0 aromatic rings. The van der Waals surface area contributed by atoms with Crippen LogP contribution < -0.4 is 5.32 Å². The van der Waals surface area contributed by atoms with E-state index >= 15 is 0 Å². The molecule has 5 heteroatoms. The van der Waals surface area contributed by atoms with E-state index in [-0.39, 0.29) is 30.0 Å². The second kappa shape index (κ2) is 6.47. The van der Waals surface area contributed by atoms with Gasteiger partial charge < -0.3 is 15.0 Å². The lowest BCUT2D eigenvalue weighted by molar-refractivity contribution is -0.137. The van der Waals surface area contributed by atoms with Crippen molar-refractivity contribution >= 4 is 12.0 Å². The van der Waals surface area contributed by atoms with E-state index in [1.165, 1.54) is 0 Å². The Morgan fingerprint density at radius 1 is 1.14 bits per heavy atom. The summed E-state index contributed by atoms with van der Waals surface area (Å²) in [7, 11) is 0. The van der Waals surface area contributed by atoms with E-state index in [1.54, 1.807) is 0 Å². The van der Waals surface area contributed by atoms with Crippen LogP contribution in [0.25, 0.3) is 0 Å². The summed E-state index contributed by atoms with van der Waals surface area (Å²) in [6.45, 7) is 9.72. The minimum Gasteiger partial charge on any atom is -0.444 e. The molecular weight excluding hydrogens is 280 g/mol. The lowest BCUT2D eigenvalue weighted by atomic mass is 10.0. The molecule has 0 unspecified atom stereocenters. The summed E-state index contributed by atoms with van der Waals surface area (Å²) in [4.78, 5) is 26.6. The monoisotopic (exact) mass is 310 g/mol. The summed E-state index contributed by atoms with van der Waals surface area (Å²) in [5.74, 6) is 0.314. The van der Waals surface area contributed by atoms with Crippen LogP contribution in [0.3, 0.4) is 0 Å². The maximum absolute atomic E-state index is 12.7. The highest BCUT2D eigenvalue weighted by Gasteiger charge is 2.40. The first-order valence-electron chi connectivity index (χ1n) is 8.49. The van der Waals surface area contributed by atoms with Gasteiger partial charge in [-0.25, -0.2) is 4.79 Å².